The minimum absolute atomic E-state index is 0. The van der Waals surface area contributed by atoms with Crippen LogP contribution in [-0.2, 0) is 27.3 Å². The van der Waals surface area contributed by atoms with E-state index in [1.54, 1.807) is 0 Å². The van der Waals surface area contributed by atoms with E-state index in [0.29, 0.717) is 6.04 Å². The molecular formula is C28H36Cl2FN3O7. The number of benzene rings is 1. The number of carbonyl (C=O) groups excluding carboxylic acids is 3. The van der Waals surface area contributed by atoms with Crippen molar-refractivity contribution in [3.63, 3.8) is 0 Å². The smallest absolute Gasteiger partial charge is 0.255 e. The molecule has 4 aliphatic rings. The first-order valence-corrected chi connectivity index (χ1v) is 13.2. The zero-order valence-corrected chi connectivity index (χ0v) is 24.6. The van der Waals surface area contributed by atoms with Crippen LogP contribution in [0, 0.1) is 17.7 Å². The summed E-state index contributed by atoms with van der Waals surface area (Å²) in [7, 11) is 4.96. The van der Waals surface area contributed by atoms with Crippen molar-refractivity contribution < 1.29 is 39.2 Å². The van der Waals surface area contributed by atoms with E-state index in [1.165, 1.54) is 25.1 Å². The molecule has 0 heterocycles. The molecule has 0 bridgehead atoms. The number of aromatic hydroxyl groups is 1. The highest BCUT2D eigenvalue weighted by atomic mass is 35.5. The van der Waals surface area contributed by atoms with Crippen LogP contribution in [0.15, 0.2) is 23.0 Å². The summed E-state index contributed by atoms with van der Waals surface area (Å²) in [6.45, 7) is 0.256. The topological polar surface area (TPSA) is 165 Å². The van der Waals surface area contributed by atoms with Gasteiger partial charge in [-0.2, -0.15) is 0 Å². The number of hydrogen-bond acceptors (Lipinski definition) is 9. The first kappa shape index (κ1) is 32.8. The molecule has 5 rings (SSSR count). The number of fused-ring (bicyclic) bond motifs is 3. The van der Waals surface area contributed by atoms with Gasteiger partial charge in [0.05, 0.1) is 11.6 Å². The van der Waals surface area contributed by atoms with Crippen molar-refractivity contribution in [1.29, 1.82) is 0 Å². The largest absolute Gasteiger partial charge is 0.508 e. The molecule has 13 heteroatoms. The van der Waals surface area contributed by atoms with Gasteiger partial charge in [0.15, 0.2) is 11.4 Å². The van der Waals surface area contributed by atoms with Crippen molar-refractivity contribution in [3.8, 4) is 5.75 Å². The fraction of sp³-hybridized carbons (Fsp3) is 0.536. The molecule has 4 aliphatic carbocycles. The van der Waals surface area contributed by atoms with Crippen LogP contribution in [0.25, 0.3) is 5.76 Å². The maximum atomic E-state index is 15.9. The number of halogens is 3. The molecule has 1 aromatic carbocycles. The molecule has 0 aromatic heterocycles. The fourth-order valence-electron chi connectivity index (χ4n) is 7.20. The first-order chi connectivity index (χ1) is 18.3. The van der Waals surface area contributed by atoms with Gasteiger partial charge in [0.25, 0.3) is 5.91 Å². The number of aliphatic hydroxyl groups is 3. The number of ketones is 2. The Morgan fingerprint density at radius 1 is 1.12 bits per heavy atom. The molecule has 1 amide bonds. The lowest BCUT2D eigenvalue weighted by Gasteiger charge is -2.50. The van der Waals surface area contributed by atoms with Crippen LogP contribution in [-0.4, -0.2) is 86.5 Å². The number of aliphatic hydroxyl groups excluding tert-OH is 2. The van der Waals surface area contributed by atoms with Crippen molar-refractivity contribution in [2.75, 3.05) is 21.1 Å². The Balaban J connectivity index is 0.00000231. The van der Waals surface area contributed by atoms with E-state index in [-0.39, 0.29) is 66.5 Å². The summed E-state index contributed by atoms with van der Waals surface area (Å²) in [5.74, 6) is -8.11. The van der Waals surface area contributed by atoms with Crippen LogP contribution in [0.5, 0.6) is 5.75 Å². The van der Waals surface area contributed by atoms with Gasteiger partial charge in [0, 0.05) is 35.2 Å². The van der Waals surface area contributed by atoms with Crippen LogP contribution < -0.4 is 5.73 Å². The van der Waals surface area contributed by atoms with Crippen LogP contribution in [0.4, 0.5) is 4.39 Å². The monoisotopic (exact) mass is 615 g/mol. The van der Waals surface area contributed by atoms with Gasteiger partial charge in [-0.1, -0.05) is 12.8 Å². The van der Waals surface area contributed by atoms with Gasteiger partial charge in [-0.3, -0.25) is 24.2 Å². The number of likely N-dealkylation sites (N-methyl/N-ethyl adjacent to an activating group) is 1. The third-order valence-corrected chi connectivity index (χ3v) is 9.10. The highest BCUT2D eigenvalue weighted by molar-refractivity contribution is 6.24. The van der Waals surface area contributed by atoms with E-state index >= 15 is 4.39 Å². The Morgan fingerprint density at radius 3 is 2.29 bits per heavy atom. The minimum atomic E-state index is -2.72. The van der Waals surface area contributed by atoms with Crippen LogP contribution in [0.3, 0.4) is 0 Å². The minimum Gasteiger partial charge on any atom is -0.508 e. The molecule has 226 valence electrons. The van der Waals surface area contributed by atoms with E-state index in [1.807, 2.05) is 11.9 Å². The number of rotatable bonds is 5. The SMILES string of the molecule is CN(Cc1cc(O)c2c(c1F)C[C@H]1C[C@H]3[C@H](N(C)C)C(=O)C(C(N)=O)=C(O)[C@@]3(O)C(=O)C1=C2O)C1CCCC1.Cl.Cl. The Hall–Kier alpha value is -2.70. The maximum Gasteiger partial charge on any atom is 0.255 e. The standard InChI is InChI=1S/C28H34FN3O7.2ClH/c1-31(2)22-16-9-12-8-15-19(17(33)10-13(21(15)29)11-32(3)14-6-4-5-7-14)23(34)18(12)25(36)28(16,39)26(37)20(24(22)35)27(30)38;;/h10,12,14,16,22,33-34,37,39H,4-9,11H2,1-3H3,(H2,30,38);2*1H/t12-,16-,22-,28-;;/m0../s1. The lowest BCUT2D eigenvalue weighted by atomic mass is 9.57. The molecule has 0 spiro atoms. The number of nitrogens with zero attached hydrogens (tertiary/aromatic N) is 2. The van der Waals surface area contributed by atoms with Crippen LogP contribution >= 0.6 is 24.8 Å². The summed E-state index contributed by atoms with van der Waals surface area (Å²) < 4.78 is 15.9. The van der Waals surface area contributed by atoms with Gasteiger partial charge in [-0.15, -0.1) is 24.8 Å². The number of phenolic OH excluding ortho intramolecular Hbond substituents is 1. The first-order valence-electron chi connectivity index (χ1n) is 13.2. The molecule has 0 aliphatic heterocycles. The summed E-state index contributed by atoms with van der Waals surface area (Å²) in [5, 5.41) is 44.6. The summed E-state index contributed by atoms with van der Waals surface area (Å²) in [6, 6.07) is 0.367. The second-order valence-corrected chi connectivity index (χ2v) is 11.5. The molecule has 2 saturated carbocycles. The number of phenols is 1. The van der Waals surface area contributed by atoms with Gasteiger partial charge < -0.3 is 26.2 Å². The van der Waals surface area contributed by atoms with Gasteiger partial charge in [-0.05, 0) is 58.8 Å². The number of nitrogens with two attached hydrogens (primary N) is 1. The molecule has 10 nitrogen and oxygen atoms in total. The number of primary amides is 1. The fourth-order valence-corrected chi connectivity index (χ4v) is 7.20. The Kier molecular flexibility index (Phi) is 9.22. The average molecular weight is 617 g/mol. The van der Waals surface area contributed by atoms with E-state index in [2.05, 4.69) is 0 Å². The van der Waals surface area contributed by atoms with E-state index in [4.69, 9.17) is 5.73 Å². The number of Topliss-reactive ketones (excluding diaryl/α,β-unsaturated/α-hetero) is 2. The van der Waals surface area contributed by atoms with Gasteiger partial charge in [0.1, 0.15) is 28.7 Å². The zero-order chi connectivity index (χ0) is 28.5. The molecule has 0 saturated heterocycles. The van der Waals surface area contributed by atoms with Gasteiger partial charge in [-0.25, -0.2) is 4.39 Å². The predicted molar refractivity (Wildman–Crippen MR) is 152 cm³/mol. The highest BCUT2D eigenvalue weighted by Crippen LogP contribution is 2.53. The average Bonchev–Trinajstić information content (AvgIpc) is 3.39. The van der Waals surface area contributed by atoms with Crippen molar-refractivity contribution in [2.45, 2.75) is 62.8 Å². The molecule has 41 heavy (non-hydrogen) atoms. The molecule has 0 unspecified atom stereocenters. The zero-order valence-electron chi connectivity index (χ0n) is 23.0. The second-order valence-electron chi connectivity index (χ2n) is 11.5. The molecule has 2 fully saturated rings. The van der Waals surface area contributed by atoms with E-state index in [0.717, 1.165) is 25.7 Å². The predicted octanol–water partition coefficient (Wildman–Crippen LogP) is 2.32. The molecular weight excluding hydrogens is 580 g/mol. The molecule has 6 N–H and O–H groups in total. The molecule has 4 atom stereocenters. The number of carbonyl (C=O) groups is 3. The maximum absolute atomic E-state index is 15.9. The summed E-state index contributed by atoms with van der Waals surface area (Å²) >= 11 is 0. The van der Waals surface area contributed by atoms with Crippen LogP contribution in [0.2, 0.25) is 0 Å². The van der Waals surface area contributed by atoms with Crippen LogP contribution in [0.1, 0.15) is 48.8 Å². The number of hydrogen-bond donors (Lipinski definition) is 5. The van der Waals surface area contributed by atoms with E-state index in [9.17, 15) is 34.8 Å². The Bertz CT molecular complexity index is 1360. The summed E-state index contributed by atoms with van der Waals surface area (Å²) in [6.07, 6.45) is 4.09. The van der Waals surface area contributed by atoms with Gasteiger partial charge >= 0.3 is 0 Å². The van der Waals surface area contributed by atoms with Crippen molar-refractivity contribution >= 4 is 48.0 Å². The Labute approximate surface area is 249 Å². The lowest BCUT2D eigenvalue weighted by molar-refractivity contribution is -0.153. The third-order valence-electron chi connectivity index (χ3n) is 9.10. The summed E-state index contributed by atoms with van der Waals surface area (Å²) in [5.41, 5.74) is 1.51. The molecule has 1 aromatic rings. The second kappa shape index (κ2) is 11.5. The molecule has 0 radical (unpaired) electrons. The van der Waals surface area contributed by atoms with Crippen molar-refractivity contribution in [1.82, 2.24) is 9.80 Å². The summed E-state index contributed by atoms with van der Waals surface area (Å²) in [4.78, 5) is 42.5. The van der Waals surface area contributed by atoms with Crippen molar-refractivity contribution in [2.24, 2.45) is 17.6 Å². The lowest BCUT2D eigenvalue weighted by Crippen LogP contribution is -2.65. The van der Waals surface area contributed by atoms with Gasteiger partial charge in [0.2, 0.25) is 5.78 Å². The number of amides is 1. The van der Waals surface area contributed by atoms with E-state index < -0.39 is 69.6 Å². The quantitative estimate of drug-likeness (QED) is 0.312. The normalized spacial score (nSPS) is 27.8. The third kappa shape index (κ3) is 4.81. The Morgan fingerprint density at radius 2 is 1.73 bits per heavy atom. The van der Waals surface area contributed by atoms with Crippen molar-refractivity contribution in [3.05, 3.63) is 45.5 Å². The highest BCUT2D eigenvalue weighted by Gasteiger charge is 2.64.